The predicted octanol–water partition coefficient (Wildman–Crippen LogP) is 6.49. The molecule has 8 nitrogen and oxygen atoms in total. The first-order valence-corrected chi connectivity index (χ1v) is 13.6. The lowest BCUT2D eigenvalue weighted by Gasteiger charge is -2.22. The van der Waals surface area contributed by atoms with Crippen LogP contribution in [0.4, 0.5) is 10.3 Å². The predicted molar refractivity (Wildman–Crippen MR) is 158 cm³/mol. The van der Waals surface area contributed by atoms with Gasteiger partial charge in [0.2, 0.25) is 5.95 Å². The third-order valence-corrected chi connectivity index (χ3v) is 7.45. The van der Waals surface area contributed by atoms with Gasteiger partial charge in [0.1, 0.15) is 22.9 Å². The minimum Gasteiger partial charge on any atom is -0.496 e. The summed E-state index contributed by atoms with van der Waals surface area (Å²) in [4.78, 5) is 37.6. The normalized spacial score (nSPS) is 12.8. The van der Waals surface area contributed by atoms with Gasteiger partial charge >= 0.3 is 0 Å². The van der Waals surface area contributed by atoms with E-state index in [0.717, 1.165) is 35.1 Å². The van der Waals surface area contributed by atoms with Crippen LogP contribution in [0, 0.1) is 19.7 Å². The van der Waals surface area contributed by atoms with Crippen LogP contribution in [-0.4, -0.2) is 42.0 Å². The van der Waals surface area contributed by atoms with Crippen LogP contribution in [0.15, 0.2) is 71.4 Å². The fraction of sp³-hybridized carbons (Fsp3) is 0.212. The van der Waals surface area contributed by atoms with Gasteiger partial charge in [0, 0.05) is 36.4 Å². The van der Waals surface area contributed by atoms with Gasteiger partial charge in [0.05, 0.1) is 18.2 Å². The van der Waals surface area contributed by atoms with Crippen LogP contribution >= 0.6 is 0 Å². The highest BCUT2D eigenvalue weighted by molar-refractivity contribution is 6.12. The van der Waals surface area contributed by atoms with Crippen LogP contribution in [0.3, 0.4) is 0 Å². The first kappa shape index (κ1) is 27.1. The van der Waals surface area contributed by atoms with Gasteiger partial charge in [-0.15, -0.1) is 0 Å². The maximum atomic E-state index is 14.0. The maximum Gasteiger partial charge on any atom is 0.264 e. The number of rotatable bonds is 7. The second-order valence-electron chi connectivity index (χ2n) is 10.4. The molecule has 0 radical (unpaired) electrons. The zero-order valence-electron chi connectivity index (χ0n) is 23.7. The van der Waals surface area contributed by atoms with Crippen molar-refractivity contribution < 1.29 is 23.1 Å². The molecule has 0 unspecified atom stereocenters. The Balaban J connectivity index is 1.48. The van der Waals surface area contributed by atoms with Gasteiger partial charge in [0.15, 0.2) is 0 Å². The van der Waals surface area contributed by atoms with Gasteiger partial charge in [-0.25, -0.2) is 14.4 Å². The summed E-state index contributed by atoms with van der Waals surface area (Å²) in [6.07, 6.45) is 5.15. The summed E-state index contributed by atoms with van der Waals surface area (Å²) in [6, 6.07) is 15.1. The van der Waals surface area contributed by atoms with Crippen LogP contribution in [0.2, 0.25) is 0 Å². The Morgan fingerprint density at radius 2 is 1.69 bits per heavy atom. The van der Waals surface area contributed by atoms with Gasteiger partial charge in [-0.3, -0.25) is 14.5 Å². The van der Waals surface area contributed by atoms with E-state index in [4.69, 9.17) is 9.15 Å². The Kier molecular flexibility index (Phi) is 6.94. The molecular formula is C33H29FN4O4. The number of ether oxygens (including phenoxy) is 1. The Bertz CT molecular complexity index is 1830. The number of benzene rings is 3. The van der Waals surface area contributed by atoms with Gasteiger partial charge in [-0.1, -0.05) is 6.07 Å². The van der Waals surface area contributed by atoms with E-state index in [-0.39, 0.29) is 23.7 Å². The molecule has 0 saturated heterocycles. The van der Waals surface area contributed by atoms with Gasteiger partial charge < -0.3 is 14.5 Å². The third kappa shape index (κ3) is 4.87. The number of aryl methyl sites for hydroxylation is 2. The number of fused-ring (bicyclic) bond motifs is 1. The summed E-state index contributed by atoms with van der Waals surface area (Å²) in [7, 11) is 3.09. The number of carbonyl (C=O) groups excluding carboxylic acids is 2. The minimum absolute atomic E-state index is 0.0249. The quantitative estimate of drug-likeness (QED) is 0.243. The van der Waals surface area contributed by atoms with E-state index in [0.29, 0.717) is 45.1 Å². The lowest BCUT2D eigenvalue weighted by Crippen LogP contribution is -2.35. The lowest BCUT2D eigenvalue weighted by molar-refractivity contribution is 0.0961. The van der Waals surface area contributed by atoms with Crippen molar-refractivity contribution in [2.75, 3.05) is 19.1 Å². The Morgan fingerprint density at radius 3 is 2.33 bits per heavy atom. The molecule has 1 aliphatic rings. The maximum absolute atomic E-state index is 14.0. The average molecular weight is 565 g/mol. The molecule has 2 heterocycles. The minimum atomic E-state index is -0.381. The molecule has 6 rings (SSSR count). The van der Waals surface area contributed by atoms with E-state index in [1.54, 1.807) is 49.7 Å². The number of hydrogen-bond acceptors (Lipinski definition) is 6. The molecule has 0 atom stereocenters. The lowest BCUT2D eigenvalue weighted by atomic mass is 9.95. The van der Waals surface area contributed by atoms with E-state index in [9.17, 15) is 14.0 Å². The molecule has 0 spiro atoms. The standard InChI is InChI=1S/C33H29FN4O4/c1-18-16-36-33(37-17-18)38(23-10-11-23)32(40)26-15-24(19(2)13-28(26)41-4)21-7-12-27-25(14-21)29(31(39)35-3)30(42-27)20-5-8-22(34)9-6-20/h5-9,12-17,23H,10-11H2,1-4H3,(H,35,39). The average Bonchev–Trinajstić information content (AvgIpc) is 3.76. The Hall–Kier alpha value is -5.05. The Morgan fingerprint density at radius 1 is 1.00 bits per heavy atom. The monoisotopic (exact) mass is 564 g/mol. The van der Waals surface area contributed by atoms with Crippen molar-refractivity contribution in [2.45, 2.75) is 32.7 Å². The molecule has 2 aromatic heterocycles. The van der Waals surface area contributed by atoms with Crippen molar-refractivity contribution in [2.24, 2.45) is 0 Å². The molecule has 0 aliphatic heterocycles. The molecule has 2 amide bonds. The summed E-state index contributed by atoms with van der Waals surface area (Å²) in [5.41, 5.74) is 5.21. The zero-order valence-corrected chi connectivity index (χ0v) is 23.7. The fourth-order valence-corrected chi connectivity index (χ4v) is 5.14. The van der Waals surface area contributed by atoms with E-state index in [1.165, 1.54) is 12.1 Å². The fourth-order valence-electron chi connectivity index (χ4n) is 5.14. The highest BCUT2D eigenvalue weighted by Gasteiger charge is 2.37. The number of nitrogens with zero attached hydrogens (tertiary/aromatic N) is 3. The Labute approximate surface area is 242 Å². The third-order valence-electron chi connectivity index (χ3n) is 7.45. The highest BCUT2D eigenvalue weighted by Crippen LogP contribution is 2.39. The van der Waals surface area contributed by atoms with Crippen LogP contribution in [0.5, 0.6) is 5.75 Å². The molecule has 5 aromatic rings. The van der Waals surface area contributed by atoms with Crippen LogP contribution in [0.25, 0.3) is 33.4 Å². The second-order valence-corrected chi connectivity index (χ2v) is 10.4. The van der Waals surface area contributed by atoms with Crippen LogP contribution in [0.1, 0.15) is 44.7 Å². The number of furan rings is 1. The number of hydrogen-bond donors (Lipinski definition) is 1. The number of carbonyl (C=O) groups is 2. The first-order chi connectivity index (χ1) is 20.3. The molecule has 1 N–H and O–H groups in total. The van der Waals surface area contributed by atoms with Crippen molar-refractivity contribution in [3.05, 3.63) is 95.1 Å². The summed E-state index contributed by atoms with van der Waals surface area (Å²) in [6.45, 7) is 3.84. The molecule has 3 aromatic carbocycles. The van der Waals surface area contributed by atoms with Crippen molar-refractivity contribution in [1.82, 2.24) is 15.3 Å². The van der Waals surface area contributed by atoms with Gasteiger partial charge in [0.25, 0.3) is 11.8 Å². The SMILES string of the molecule is CNC(=O)c1c(-c2ccc(F)cc2)oc2ccc(-c3cc(C(=O)N(c4ncc(C)cn4)C4CC4)c(OC)cc3C)cc12. The van der Waals surface area contributed by atoms with E-state index in [1.807, 2.05) is 38.1 Å². The summed E-state index contributed by atoms with van der Waals surface area (Å²) in [5.74, 6) is 0.211. The second kappa shape index (κ2) is 10.7. The number of anilines is 1. The van der Waals surface area contributed by atoms with E-state index < -0.39 is 0 Å². The molecule has 1 saturated carbocycles. The van der Waals surface area contributed by atoms with Crippen molar-refractivity contribution in [1.29, 1.82) is 0 Å². The summed E-state index contributed by atoms with van der Waals surface area (Å²) >= 11 is 0. The zero-order chi connectivity index (χ0) is 29.5. The van der Waals surface area contributed by atoms with E-state index >= 15 is 0 Å². The summed E-state index contributed by atoms with van der Waals surface area (Å²) < 4.78 is 25.4. The molecule has 9 heteroatoms. The van der Waals surface area contributed by atoms with Crippen LogP contribution < -0.4 is 15.0 Å². The summed E-state index contributed by atoms with van der Waals surface area (Å²) in [5, 5.41) is 3.29. The number of nitrogens with one attached hydrogen (secondary N) is 1. The van der Waals surface area contributed by atoms with Crippen molar-refractivity contribution in [3.63, 3.8) is 0 Å². The molecule has 42 heavy (non-hydrogen) atoms. The molecule has 1 fully saturated rings. The number of halogens is 1. The number of aromatic nitrogens is 2. The topological polar surface area (TPSA) is 97.6 Å². The number of methoxy groups -OCH3 is 1. The molecular weight excluding hydrogens is 535 g/mol. The van der Waals surface area contributed by atoms with Crippen molar-refractivity contribution in [3.8, 4) is 28.2 Å². The van der Waals surface area contributed by atoms with Crippen molar-refractivity contribution >= 4 is 28.7 Å². The van der Waals surface area contributed by atoms with Gasteiger partial charge in [-0.05, 0) is 97.5 Å². The smallest absolute Gasteiger partial charge is 0.264 e. The molecule has 0 bridgehead atoms. The van der Waals surface area contributed by atoms with Gasteiger partial charge in [-0.2, -0.15) is 0 Å². The molecule has 1 aliphatic carbocycles. The van der Waals surface area contributed by atoms with Crippen LogP contribution in [-0.2, 0) is 0 Å². The molecule has 212 valence electrons. The highest BCUT2D eigenvalue weighted by atomic mass is 19.1. The number of amides is 2. The largest absolute Gasteiger partial charge is 0.496 e. The first-order valence-electron chi connectivity index (χ1n) is 13.6. The van der Waals surface area contributed by atoms with E-state index in [2.05, 4.69) is 15.3 Å².